The summed E-state index contributed by atoms with van der Waals surface area (Å²) in [4.78, 5) is 0. The second kappa shape index (κ2) is 6.47. The lowest BCUT2D eigenvalue weighted by atomic mass is 10.1. The Morgan fingerprint density at radius 2 is 1.80 bits per heavy atom. The largest absolute Gasteiger partial charge is 0.484 e. The third kappa shape index (κ3) is 5.03. The molecule has 2 rings (SSSR count). The van der Waals surface area contributed by atoms with Crippen molar-refractivity contribution in [1.29, 1.82) is 0 Å². The van der Waals surface area contributed by atoms with Crippen molar-refractivity contribution in [1.82, 2.24) is 0 Å². The highest BCUT2D eigenvalue weighted by Gasteiger charge is 2.28. The molecular formula is C13H16F3NO2S. The van der Waals surface area contributed by atoms with Gasteiger partial charge in [-0.3, -0.25) is 4.21 Å². The first kappa shape index (κ1) is 15.2. The molecule has 0 bridgehead atoms. The van der Waals surface area contributed by atoms with Gasteiger partial charge in [0.2, 0.25) is 0 Å². The molecule has 20 heavy (non-hydrogen) atoms. The molecule has 0 radical (unpaired) electrons. The average molecular weight is 307 g/mol. The van der Waals surface area contributed by atoms with Crippen LogP contribution in [0, 0.1) is 0 Å². The van der Waals surface area contributed by atoms with Crippen molar-refractivity contribution >= 4 is 16.5 Å². The van der Waals surface area contributed by atoms with E-state index in [1.807, 2.05) is 0 Å². The lowest BCUT2D eigenvalue weighted by Crippen LogP contribution is -2.29. The molecule has 1 fully saturated rings. The molecule has 0 amide bonds. The fourth-order valence-electron chi connectivity index (χ4n) is 1.99. The lowest BCUT2D eigenvalue weighted by Gasteiger charge is -2.23. The minimum absolute atomic E-state index is 0.192. The SMILES string of the molecule is O=S1CCC(Nc2ccc(OCC(F)(F)F)cc2)CC1. The Balaban J connectivity index is 1.83. The molecule has 1 aromatic rings. The van der Waals surface area contributed by atoms with Gasteiger partial charge in [0.05, 0.1) is 0 Å². The standard InChI is InChI=1S/C13H16F3NO2S/c14-13(15,16)9-19-12-3-1-10(2-4-12)17-11-5-7-20(18)8-6-11/h1-4,11,17H,5-9H2. The third-order valence-corrected chi connectivity index (χ3v) is 4.40. The monoisotopic (exact) mass is 307 g/mol. The van der Waals surface area contributed by atoms with Gasteiger partial charge in [-0.15, -0.1) is 0 Å². The number of anilines is 1. The maximum Gasteiger partial charge on any atom is 0.422 e. The van der Waals surface area contributed by atoms with Crippen LogP contribution in [-0.2, 0) is 10.8 Å². The van der Waals surface area contributed by atoms with Gasteiger partial charge < -0.3 is 10.1 Å². The van der Waals surface area contributed by atoms with Gasteiger partial charge in [0, 0.05) is 34.0 Å². The lowest BCUT2D eigenvalue weighted by molar-refractivity contribution is -0.153. The van der Waals surface area contributed by atoms with Crippen LogP contribution in [0.2, 0.25) is 0 Å². The van der Waals surface area contributed by atoms with E-state index in [9.17, 15) is 17.4 Å². The Labute approximate surface area is 118 Å². The van der Waals surface area contributed by atoms with Crippen molar-refractivity contribution < 1.29 is 22.1 Å². The number of nitrogens with one attached hydrogen (secondary N) is 1. The van der Waals surface area contributed by atoms with Crippen LogP contribution < -0.4 is 10.1 Å². The molecule has 0 unspecified atom stereocenters. The summed E-state index contributed by atoms with van der Waals surface area (Å²) < 4.78 is 51.9. The van der Waals surface area contributed by atoms with Crippen LogP contribution in [0.5, 0.6) is 5.75 Å². The normalized spacial score (nSPS) is 23.4. The first-order valence-corrected chi connectivity index (χ1v) is 7.82. The van der Waals surface area contributed by atoms with E-state index in [1.54, 1.807) is 12.1 Å². The van der Waals surface area contributed by atoms with Gasteiger partial charge in [-0.2, -0.15) is 13.2 Å². The molecule has 0 aliphatic carbocycles. The van der Waals surface area contributed by atoms with Crippen LogP contribution >= 0.6 is 0 Å². The van der Waals surface area contributed by atoms with Gasteiger partial charge in [0.1, 0.15) is 5.75 Å². The predicted octanol–water partition coefficient (Wildman–Crippen LogP) is 2.95. The van der Waals surface area contributed by atoms with E-state index in [-0.39, 0.29) is 11.8 Å². The van der Waals surface area contributed by atoms with Crippen LogP contribution in [-0.4, -0.2) is 34.5 Å². The molecule has 3 nitrogen and oxygen atoms in total. The highest BCUT2D eigenvalue weighted by molar-refractivity contribution is 7.85. The fraction of sp³-hybridized carbons (Fsp3) is 0.538. The second-order valence-corrected chi connectivity index (χ2v) is 6.39. The molecule has 112 valence electrons. The minimum atomic E-state index is -4.32. The summed E-state index contributed by atoms with van der Waals surface area (Å²) >= 11 is 0. The van der Waals surface area contributed by atoms with Gasteiger partial charge in [0.15, 0.2) is 6.61 Å². The number of ether oxygens (including phenoxy) is 1. The number of halogens is 3. The average Bonchev–Trinajstić information content (AvgIpc) is 2.40. The van der Waals surface area contributed by atoms with E-state index in [1.165, 1.54) is 12.1 Å². The van der Waals surface area contributed by atoms with Gasteiger partial charge in [-0.1, -0.05) is 0 Å². The van der Waals surface area contributed by atoms with Crippen molar-refractivity contribution in [2.24, 2.45) is 0 Å². The topological polar surface area (TPSA) is 38.3 Å². The number of hydrogen-bond acceptors (Lipinski definition) is 3. The molecule has 1 aliphatic rings. The van der Waals surface area contributed by atoms with Crippen molar-refractivity contribution in [2.45, 2.75) is 25.1 Å². The van der Waals surface area contributed by atoms with Gasteiger partial charge in [-0.05, 0) is 37.1 Å². The second-order valence-electron chi connectivity index (χ2n) is 4.69. The zero-order valence-corrected chi connectivity index (χ0v) is 11.6. The third-order valence-electron chi connectivity index (χ3n) is 3.02. The molecule has 0 spiro atoms. The first-order chi connectivity index (χ1) is 9.42. The van der Waals surface area contributed by atoms with Crippen LogP contribution in [0.25, 0.3) is 0 Å². The van der Waals surface area contributed by atoms with Crippen molar-refractivity contribution in [2.75, 3.05) is 23.4 Å². The summed E-state index contributed by atoms with van der Waals surface area (Å²) in [6.07, 6.45) is -2.63. The summed E-state index contributed by atoms with van der Waals surface area (Å²) in [5.41, 5.74) is 0.835. The number of hydrogen-bond donors (Lipinski definition) is 1. The van der Waals surface area contributed by atoms with E-state index in [0.29, 0.717) is 11.5 Å². The maximum absolute atomic E-state index is 12.0. The molecule has 1 N–H and O–H groups in total. The highest BCUT2D eigenvalue weighted by Crippen LogP contribution is 2.22. The number of rotatable bonds is 4. The molecule has 0 aromatic heterocycles. The predicted molar refractivity (Wildman–Crippen MR) is 72.5 cm³/mol. The van der Waals surface area contributed by atoms with E-state index in [0.717, 1.165) is 18.5 Å². The zero-order chi connectivity index (χ0) is 14.6. The van der Waals surface area contributed by atoms with E-state index < -0.39 is 23.6 Å². The Bertz CT molecular complexity index is 452. The van der Waals surface area contributed by atoms with Gasteiger partial charge in [-0.25, -0.2) is 0 Å². The molecule has 1 saturated heterocycles. The molecule has 0 atom stereocenters. The molecule has 1 aliphatic heterocycles. The molecular weight excluding hydrogens is 291 g/mol. The smallest absolute Gasteiger partial charge is 0.422 e. The Morgan fingerprint density at radius 1 is 1.20 bits per heavy atom. The van der Waals surface area contributed by atoms with E-state index >= 15 is 0 Å². The summed E-state index contributed by atoms with van der Waals surface area (Å²) in [6.45, 7) is -1.28. The summed E-state index contributed by atoms with van der Waals surface area (Å²) in [5.74, 6) is 1.59. The van der Waals surface area contributed by atoms with Crippen molar-refractivity contribution in [3.8, 4) is 5.75 Å². The van der Waals surface area contributed by atoms with Gasteiger partial charge in [0.25, 0.3) is 0 Å². The quantitative estimate of drug-likeness (QED) is 0.929. The van der Waals surface area contributed by atoms with Crippen LogP contribution in [0.1, 0.15) is 12.8 Å². The minimum Gasteiger partial charge on any atom is -0.484 e. The van der Waals surface area contributed by atoms with Crippen molar-refractivity contribution in [3.05, 3.63) is 24.3 Å². The number of alkyl halides is 3. The zero-order valence-electron chi connectivity index (χ0n) is 10.8. The molecule has 7 heteroatoms. The molecule has 1 aromatic carbocycles. The highest BCUT2D eigenvalue weighted by atomic mass is 32.2. The Morgan fingerprint density at radius 3 is 2.35 bits per heavy atom. The fourth-order valence-corrected chi connectivity index (χ4v) is 3.29. The Kier molecular flexibility index (Phi) is 4.91. The van der Waals surface area contributed by atoms with Crippen LogP contribution in [0.3, 0.4) is 0 Å². The van der Waals surface area contributed by atoms with Crippen LogP contribution in [0.15, 0.2) is 24.3 Å². The maximum atomic E-state index is 12.0. The first-order valence-electron chi connectivity index (χ1n) is 6.33. The van der Waals surface area contributed by atoms with E-state index in [4.69, 9.17) is 0 Å². The van der Waals surface area contributed by atoms with Gasteiger partial charge >= 0.3 is 6.18 Å². The molecule has 1 heterocycles. The number of benzene rings is 1. The summed E-state index contributed by atoms with van der Waals surface area (Å²) in [5, 5.41) is 3.29. The Hall–Kier alpha value is -1.24. The summed E-state index contributed by atoms with van der Waals surface area (Å²) in [7, 11) is -0.700. The van der Waals surface area contributed by atoms with Crippen molar-refractivity contribution in [3.63, 3.8) is 0 Å². The molecule has 0 saturated carbocycles. The van der Waals surface area contributed by atoms with Crippen LogP contribution in [0.4, 0.5) is 18.9 Å². The van der Waals surface area contributed by atoms with E-state index in [2.05, 4.69) is 10.1 Å². The summed E-state index contributed by atoms with van der Waals surface area (Å²) in [6, 6.07) is 6.67.